The van der Waals surface area contributed by atoms with Gasteiger partial charge in [-0.05, 0) is 24.6 Å². The lowest BCUT2D eigenvalue weighted by atomic mass is 10.2. The van der Waals surface area contributed by atoms with E-state index in [1.807, 2.05) is 47.3 Å². The number of hydrogen-bond acceptors (Lipinski definition) is 7. The Balaban J connectivity index is 1.22. The first-order valence-electron chi connectivity index (χ1n) is 10.4. The number of thiazole rings is 1. The first-order chi connectivity index (χ1) is 16.5. The number of aromatic nitrogens is 4. The number of nitrogens with one attached hydrogen (secondary N) is 1. The minimum absolute atomic E-state index is 0.142. The molecule has 11 heteroatoms. The minimum Gasteiger partial charge on any atom is -0.492 e. The van der Waals surface area contributed by atoms with E-state index in [0.29, 0.717) is 39.1 Å². The van der Waals surface area contributed by atoms with Crippen LogP contribution in [0.5, 0.6) is 5.75 Å². The van der Waals surface area contributed by atoms with E-state index in [1.165, 1.54) is 23.1 Å². The van der Waals surface area contributed by atoms with Crippen molar-refractivity contribution in [3.05, 3.63) is 69.8 Å². The summed E-state index contributed by atoms with van der Waals surface area (Å²) in [6, 6.07) is 15.0. The van der Waals surface area contributed by atoms with E-state index in [0.717, 1.165) is 23.5 Å². The molecule has 1 amide bonds. The second-order valence-electron chi connectivity index (χ2n) is 7.23. The van der Waals surface area contributed by atoms with Gasteiger partial charge in [-0.15, -0.1) is 21.5 Å². The van der Waals surface area contributed by atoms with Gasteiger partial charge in [0.15, 0.2) is 10.3 Å². The molecule has 0 fully saturated rings. The van der Waals surface area contributed by atoms with Crippen LogP contribution in [0.25, 0.3) is 11.3 Å². The average Bonchev–Trinajstić information content (AvgIpc) is 3.44. The Morgan fingerprint density at radius 3 is 2.79 bits per heavy atom. The van der Waals surface area contributed by atoms with Crippen LogP contribution in [0.3, 0.4) is 0 Å². The van der Waals surface area contributed by atoms with Gasteiger partial charge in [0.25, 0.3) is 0 Å². The number of aryl methyl sites for hydroxylation is 1. The zero-order chi connectivity index (χ0) is 23.9. The summed E-state index contributed by atoms with van der Waals surface area (Å²) >= 11 is 14.8. The number of halogens is 2. The highest BCUT2D eigenvalue weighted by molar-refractivity contribution is 7.99. The number of carbonyl (C=O) groups is 1. The van der Waals surface area contributed by atoms with Crippen LogP contribution in [-0.2, 0) is 18.3 Å². The average molecular weight is 534 g/mol. The van der Waals surface area contributed by atoms with E-state index in [1.54, 1.807) is 18.2 Å². The lowest BCUT2D eigenvalue weighted by Crippen LogP contribution is -2.14. The molecule has 0 saturated carbocycles. The molecule has 2 aromatic heterocycles. The third-order valence-corrected chi connectivity index (χ3v) is 7.08. The summed E-state index contributed by atoms with van der Waals surface area (Å²) in [5.74, 6) is 1.49. The van der Waals surface area contributed by atoms with Crippen LogP contribution in [0.2, 0.25) is 10.0 Å². The summed E-state index contributed by atoms with van der Waals surface area (Å²) in [7, 11) is 1.89. The predicted molar refractivity (Wildman–Crippen MR) is 138 cm³/mol. The fourth-order valence-corrected chi connectivity index (χ4v) is 4.98. The molecule has 7 nitrogen and oxygen atoms in total. The van der Waals surface area contributed by atoms with Crippen molar-refractivity contribution in [2.75, 3.05) is 17.7 Å². The van der Waals surface area contributed by atoms with Crippen LogP contribution in [0.1, 0.15) is 12.2 Å². The largest absolute Gasteiger partial charge is 0.492 e. The second kappa shape index (κ2) is 11.7. The van der Waals surface area contributed by atoms with Gasteiger partial charge in [0.05, 0.1) is 23.1 Å². The minimum atomic E-state index is -0.142. The zero-order valence-corrected chi connectivity index (χ0v) is 21.3. The molecule has 0 aliphatic carbocycles. The van der Waals surface area contributed by atoms with E-state index in [9.17, 15) is 4.79 Å². The predicted octanol–water partition coefficient (Wildman–Crippen LogP) is 5.99. The smallest absolute Gasteiger partial charge is 0.236 e. The Labute approximate surface area is 215 Å². The summed E-state index contributed by atoms with van der Waals surface area (Å²) in [4.78, 5) is 16.9. The SMILES string of the molecule is Cn1c(CCCOc2ccc(Cl)cc2Cl)nnc1SCC(=O)Nc1nc(-c2ccccc2)cs1. The lowest BCUT2D eigenvalue weighted by molar-refractivity contribution is -0.113. The van der Waals surface area contributed by atoms with E-state index in [-0.39, 0.29) is 11.7 Å². The van der Waals surface area contributed by atoms with Crippen LogP contribution < -0.4 is 10.1 Å². The molecule has 0 aliphatic heterocycles. The number of thioether (sulfide) groups is 1. The van der Waals surface area contributed by atoms with Gasteiger partial charge >= 0.3 is 0 Å². The maximum atomic E-state index is 12.4. The van der Waals surface area contributed by atoms with E-state index >= 15 is 0 Å². The number of hydrogen-bond donors (Lipinski definition) is 1. The van der Waals surface area contributed by atoms with Crippen molar-refractivity contribution in [3.8, 4) is 17.0 Å². The summed E-state index contributed by atoms with van der Waals surface area (Å²) in [5.41, 5.74) is 1.86. The molecule has 0 aliphatic rings. The van der Waals surface area contributed by atoms with Gasteiger partial charge in [-0.1, -0.05) is 65.3 Å². The number of nitrogens with zero attached hydrogens (tertiary/aromatic N) is 4. The molecule has 0 unspecified atom stereocenters. The maximum absolute atomic E-state index is 12.4. The van der Waals surface area contributed by atoms with Crippen molar-refractivity contribution in [2.45, 2.75) is 18.0 Å². The van der Waals surface area contributed by atoms with Crippen molar-refractivity contribution in [3.63, 3.8) is 0 Å². The summed E-state index contributed by atoms with van der Waals surface area (Å²) in [5, 5.41) is 15.5. The first kappa shape index (κ1) is 24.5. The molecule has 0 radical (unpaired) electrons. The number of ether oxygens (including phenoxy) is 1. The standard InChI is InChI=1S/C23H21Cl2N5O2S2/c1-30-20(8-5-11-32-19-10-9-16(24)12-17(19)25)28-29-23(30)34-14-21(31)27-22-26-18(13-33-22)15-6-3-2-4-7-15/h2-4,6-7,9-10,12-13H,5,8,11,14H2,1H3,(H,26,27,31). The summed E-state index contributed by atoms with van der Waals surface area (Å²) in [6.07, 6.45) is 1.42. The fraction of sp³-hybridized carbons (Fsp3) is 0.217. The molecular weight excluding hydrogens is 513 g/mol. The van der Waals surface area contributed by atoms with Crippen molar-refractivity contribution in [1.82, 2.24) is 19.7 Å². The molecule has 34 heavy (non-hydrogen) atoms. The lowest BCUT2D eigenvalue weighted by Gasteiger charge is -2.08. The van der Waals surface area contributed by atoms with Crippen LogP contribution in [0.15, 0.2) is 59.1 Å². The van der Waals surface area contributed by atoms with E-state index in [2.05, 4.69) is 20.5 Å². The number of carbonyl (C=O) groups excluding carboxylic acids is 1. The molecule has 0 spiro atoms. The number of rotatable bonds is 10. The molecule has 2 aromatic carbocycles. The van der Waals surface area contributed by atoms with Gasteiger partial charge in [0.1, 0.15) is 11.6 Å². The van der Waals surface area contributed by atoms with Crippen molar-refractivity contribution in [2.24, 2.45) is 7.05 Å². The molecule has 0 bridgehead atoms. The van der Waals surface area contributed by atoms with Crippen molar-refractivity contribution < 1.29 is 9.53 Å². The van der Waals surface area contributed by atoms with Crippen LogP contribution >= 0.6 is 46.3 Å². The van der Waals surface area contributed by atoms with E-state index < -0.39 is 0 Å². The topological polar surface area (TPSA) is 81.9 Å². The van der Waals surface area contributed by atoms with Crippen molar-refractivity contribution in [1.29, 1.82) is 0 Å². The van der Waals surface area contributed by atoms with E-state index in [4.69, 9.17) is 27.9 Å². The second-order valence-corrected chi connectivity index (χ2v) is 9.87. The van der Waals surface area contributed by atoms with Gasteiger partial charge in [0.2, 0.25) is 5.91 Å². The Morgan fingerprint density at radius 2 is 2.00 bits per heavy atom. The van der Waals surface area contributed by atoms with Gasteiger partial charge in [0, 0.05) is 29.4 Å². The highest BCUT2D eigenvalue weighted by Crippen LogP contribution is 2.28. The Morgan fingerprint density at radius 1 is 1.18 bits per heavy atom. The molecule has 176 valence electrons. The maximum Gasteiger partial charge on any atom is 0.236 e. The van der Waals surface area contributed by atoms with Gasteiger partial charge < -0.3 is 14.6 Å². The van der Waals surface area contributed by atoms with Gasteiger partial charge in [-0.2, -0.15) is 0 Å². The number of benzene rings is 2. The van der Waals surface area contributed by atoms with Gasteiger partial charge in [-0.25, -0.2) is 4.98 Å². The van der Waals surface area contributed by atoms with Crippen LogP contribution in [-0.4, -0.2) is 38.0 Å². The van der Waals surface area contributed by atoms with Gasteiger partial charge in [-0.3, -0.25) is 4.79 Å². The summed E-state index contributed by atoms with van der Waals surface area (Å²) < 4.78 is 7.61. The molecule has 0 atom stereocenters. The normalized spacial score (nSPS) is 10.9. The monoisotopic (exact) mass is 533 g/mol. The molecular formula is C23H21Cl2N5O2S2. The quantitative estimate of drug-likeness (QED) is 0.199. The third-order valence-electron chi connectivity index (χ3n) is 4.77. The Bertz CT molecular complexity index is 1260. The van der Waals surface area contributed by atoms with Crippen molar-refractivity contribution >= 4 is 57.3 Å². The first-order valence-corrected chi connectivity index (χ1v) is 13.0. The fourth-order valence-electron chi connectivity index (χ4n) is 3.05. The number of amides is 1. The highest BCUT2D eigenvalue weighted by atomic mass is 35.5. The molecule has 4 aromatic rings. The molecule has 4 rings (SSSR count). The molecule has 2 heterocycles. The molecule has 1 N–H and O–H groups in total. The highest BCUT2D eigenvalue weighted by Gasteiger charge is 2.13. The van der Waals surface area contributed by atoms with Crippen LogP contribution in [0, 0.1) is 0 Å². The summed E-state index contributed by atoms with van der Waals surface area (Å²) in [6.45, 7) is 0.484. The Hall–Kier alpha value is -2.59. The third kappa shape index (κ3) is 6.50. The Kier molecular flexibility index (Phi) is 8.44. The van der Waals surface area contributed by atoms with Crippen LogP contribution in [0.4, 0.5) is 5.13 Å². The zero-order valence-electron chi connectivity index (χ0n) is 18.2. The molecule has 0 saturated heterocycles. The number of anilines is 1.